The van der Waals surface area contributed by atoms with Crippen molar-refractivity contribution in [3.8, 4) is 0 Å². The lowest BCUT2D eigenvalue weighted by Gasteiger charge is -2.10. The van der Waals surface area contributed by atoms with Crippen molar-refractivity contribution in [2.45, 2.75) is 18.4 Å². The molecule has 0 bridgehead atoms. The fraction of sp³-hybridized carbons (Fsp3) is 0.333. The zero-order valence-corrected chi connectivity index (χ0v) is 6.65. The summed E-state index contributed by atoms with van der Waals surface area (Å²) in [6.07, 6.45) is 0.652. The average molecular weight is 188 g/mol. The Kier molecular flexibility index (Phi) is 1.63. The van der Waals surface area contributed by atoms with Crippen LogP contribution in [0.25, 0.3) is 0 Å². The number of aliphatic hydroxyl groups is 1. The Morgan fingerprint density at radius 2 is 1.54 bits per heavy atom. The Balaban J connectivity index is 2.57. The first-order valence-corrected chi connectivity index (χ1v) is 3.90. The first kappa shape index (κ1) is 8.56. The molecule has 1 aliphatic carbocycles. The number of benzene rings is 1. The fourth-order valence-corrected chi connectivity index (χ4v) is 1.36. The Morgan fingerprint density at radius 1 is 1.08 bits per heavy atom. The highest BCUT2D eigenvalue weighted by Crippen LogP contribution is 2.47. The van der Waals surface area contributed by atoms with E-state index in [4.69, 9.17) is 0 Å². The van der Waals surface area contributed by atoms with E-state index in [0.29, 0.717) is 25.0 Å². The highest BCUT2D eigenvalue weighted by molar-refractivity contribution is 5.30. The Morgan fingerprint density at radius 3 is 1.92 bits per heavy atom. The molecule has 70 valence electrons. The second-order valence-electron chi connectivity index (χ2n) is 3.28. The van der Waals surface area contributed by atoms with Crippen LogP contribution in [-0.4, -0.2) is 5.11 Å². The molecule has 13 heavy (non-hydrogen) atoms. The Hall–Kier alpha value is -1.03. The van der Waals surface area contributed by atoms with E-state index < -0.39 is 28.6 Å². The lowest BCUT2D eigenvalue weighted by Crippen LogP contribution is -2.10. The maximum absolute atomic E-state index is 13.0. The van der Waals surface area contributed by atoms with Gasteiger partial charge in [-0.2, -0.15) is 0 Å². The van der Waals surface area contributed by atoms with Crippen LogP contribution >= 0.6 is 0 Å². The predicted molar refractivity (Wildman–Crippen MR) is 39.4 cm³/mol. The third kappa shape index (κ3) is 1.31. The van der Waals surface area contributed by atoms with Crippen LogP contribution in [0.15, 0.2) is 12.1 Å². The summed E-state index contributed by atoms with van der Waals surface area (Å²) in [4.78, 5) is 0. The molecule has 0 aromatic heterocycles. The zero-order valence-electron chi connectivity index (χ0n) is 6.65. The van der Waals surface area contributed by atoms with Gasteiger partial charge in [-0.15, -0.1) is 0 Å². The first-order chi connectivity index (χ1) is 6.03. The molecule has 0 radical (unpaired) electrons. The molecule has 1 saturated carbocycles. The molecule has 1 aromatic carbocycles. The third-order valence-electron chi connectivity index (χ3n) is 2.20. The van der Waals surface area contributed by atoms with Gasteiger partial charge in [-0.25, -0.2) is 13.2 Å². The summed E-state index contributed by atoms with van der Waals surface area (Å²) >= 11 is 0. The van der Waals surface area contributed by atoms with Gasteiger partial charge in [0.15, 0.2) is 0 Å². The standard InChI is InChI=1S/C9H7F3O/c10-5-3-6(11)8(7(12)4-5)9(13)1-2-9/h3-4,13H,1-2H2. The smallest absolute Gasteiger partial charge is 0.135 e. The van der Waals surface area contributed by atoms with E-state index in [-0.39, 0.29) is 0 Å². The van der Waals surface area contributed by atoms with E-state index in [1.165, 1.54) is 0 Å². The molecule has 0 saturated heterocycles. The molecular formula is C9H7F3O. The molecule has 0 heterocycles. The monoisotopic (exact) mass is 188 g/mol. The summed E-state index contributed by atoms with van der Waals surface area (Å²) in [6.45, 7) is 0. The molecule has 0 amide bonds. The van der Waals surface area contributed by atoms with Crippen LogP contribution in [-0.2, 0) is 5.60 Å². The minimum atomic E-state index is -1.40. The van der Waals surface area contributed by atoms with Crippen molar-refractivity contribution < 1.29 is 18.3 Å². The number of rotatable bonds is 1. The molecule has 2 rings (SSSR count). The van der Waals surface area contributed by atoms with Crippen LogP contribution in [0.1, 0.15) is 18.4 Å². The van der Waals surface area contributed by atoms with Gasteiger partial charge in [0, 0.05) is 12.1 Å². The van der Waals surface area contributed by atoms with Gasteiger partial charge < -0.3 is 5.11 Å². The van der Waals surface area contributed by atoms with Gasteiger partial charge in [0.05, 0.1) is 11.2 Å². The van der Waals surface area contributed by atoms with Crippen molar-refractivity contribution >= 4 is 0 Å². The van der Waals surface area contributed by atoms with Crippen molar-refractivity contribution in [2.24, 2.45) is 0 Å². The summed E-state index contributed by atoms with van der Waals surface area (Å²) in [5.74, 6) is -3.00. The fourth-order valence-electron chi connectivity index (χ4n) is 1.36. The normalized spacial score (nSPS) is 18.8. The Bertz CT molecular complexity index is 335. The van der Waals surface area contributed by atoms with Crippen LogP contribution in [0.3, 0.4) is 0 Å². The molecule has 0 unspecified atom stereocenters. The summed E-state index contributed by atoms with van der Waals surface area (Å²) in [5, 5.41) is 9.45. The van der Waals surface area contributed by atoms with Gasteiger partial charge in [-0.1, -0.05) is 0 Å². The van der Waals surface area contributed by atoms with Crippen LogP contribution in [0, 0.1) is 17.5 Å². The second kappa shape index (κ2) is 2.48. The van der Waals surface area contributed by atoms with Crippen molar-refractivity contribution in [2.75, 3.05) is 0 Å². The highest BCUT2D eigenvalue weighted by Gasteiger charge is 2.46. The topological polar surface area (TPSA) is 20.2 Å². The summed E-state index contributed by atoms with van der Waals surface area (Å²) in [5.41, 5.74) is -1.81. The lowest BCUT2D eigenvalue weighted by molar-refractivity contribution is 0.141. The van der Waals surface area contributed by atoms with Crippen LogP contribution < -0.4 is 0 Å². The third-order valence-corrected chi connectivity index (χ3v) is 2.20. The highest BCUT2D eigenvalue weighted by atomic mass is 19.1. The molecule has 1 fully saturated rings. The van der Waals surface area contributed by atoms with Crippen LogP contribution in [0.2, 0.25) is 0 Å². The number of hydrogen-bond donors (Lipinski definition) is 1. The van der Waals surface area contributed by atoms with E-state index in [1.807, 2.05) is 0 Å². The van der Waals surface area contributed by atoms with Crippen molar-refractivity contribution in [3.05, 3.63) is 35.1 Å². The van der Waals surface area contributed by atoms with Crippen LogP contribution in [0.4, 0.5) is 13.2 Å². The average Bonchev–Trinajstić information content (AvgIpc) is 2.65. The van der Waals surface area contributed by atoms with Gasteiger partial charge >= 0.3 is 0 Å². The van der Waals surface area contributed by atoms with Gasteiger partial charge in [0.25, 0.3) is 0 Å². The molecule has 1 aliphatic rings. The van der Waals surface area contributed by atoms with Crippen molar-refractivity contribution in [3.63, 3.8) is 0 Å². The first-order valence-electron chi connectivity index (χ1n) is 3.90. The maximum Gasteiger partial charge on any atom is 0.135 e. The van der Waals surface area contributed by atoms with E-state index >= 15 is 0 Å². The van der Waals surface area contributed by atoms with E-state index in [1.54, 1.807) is 0 Å². The van der Waals surface area contributed by atoms with E-state index in [0.717, 1.165) is 0 Å². The zero-order chi connectivity index (χ0) is 9.64. The minimum absolute atomic E-state index is 0.326. The summed E-state index contributed by atoms with van der Waals surface area (Å²) < 4.78 is 38.5. The molecule has 1 N–H and O–H groups in total. The minimum Gasteiger partial charge on any atom is -0.385 e. The molecule has 1 nitrogen and oxygen atoms in total. The van der Waals surface area contributed by atoms with Gasteiger partial charge in [0.1, 0.15) is 17.5 Å². The largest absolute Gasteiger partial charge is 0.385 e. The molecule has 0 spiro atoms. The van der Waals surface area contributed by atoms with Crippen LogP contribution in [0.5, 0.6) is 0 Å². The Labute approximate surface area is 72.8 Å². The SMILES string of the molecule is OC1(c2c(F)cc(F)cc2F)CC1. The van der Waals surface area contributed by atoms with Crippen molar-refractivity contribution in [1.29, 1.82) is 0 Å². The van der Waals surface area contributed by atoms with Gasteiger partial charge in [-0.05, 0) is 12.8 Å². The molecule has 0 atom stereocenters. The number of halogens is 3. The second-order valence-corrected chi connectivity index (χ2v) is 3.28. The molecular weight excluding hydrogens is 181 g/mol. The van der Waals surface area contributed by atoms with E-state index in [9.17, 15) is 18.3 Å². The summed E-state index contributed by atoms with van der Waals surface area (Å²) in [6, 6.07) is 1.16. The molecule has 1 aromatic rings. The predicted octanol–water partition coefficient (Wildman–Crippen LogP) is 2.09. The maximum atomic E-state index is 13.0. The quantitative estimate of drug-likeness (QED) is 0.715. The molecule has 4 heteroatoms. The summed E-state index contributed by atoms with van der Waals surface area (Å²) in [7, 11) is 0. The lowest BCUT2D eigenvalue weighted by atomic mass is 10.1. The number of hydrogen-bond acceptors (Lipinski definition) is 1. The van der Waals surface area contributed by atoms with Gasteiger partial charge in [-0.3, -0.25) is 0 Å². The molecule has 0 aliphatic heterocycles. The van der Waals surface area contributed by atoms with Crippen molar-refractivity contribution in [1.82, 2.24) is 0 Å². The van der Waals surface area contributed by atoms with Gasteiger partial charge in [0.2, 0.25) is 0 Å². The van der Waals surface area contributed by atoms with E-state index in [2.05, 4.69) is 0 Å².